The number of nitrogens with one attached hydrogen (secondary N) is 1. The number of likely N-dealkylation sites (N-methyl/N-ethyl adjacent to an activating group) is 1. The number of alkyl halides is 3. The maximum Gasteiger partial charge on any atom is 0.436 e. The summed E-state index contributed by atoms with van der Waals surface area (Å²) >= 11 is 5.70. The number of amides is 1. The summed E-state index contributed by atoms with van der Waals surface area (Å²) in [4.78, 5) is 14.4. The molecule has 0 saturated carbocycles. The molecule has 23 heavy (non-hydrogen) atoms. The van der Waals surface area contributed by atoms with E-state index in [0.29, 0.717) is 13.1 Å². The van der Waals surface area contributed by atoms with Crippen LogP contribution >= 0.6 is 11.6 Å². The smallest absolute Gasteiger partial charge is 0.304 e. The summed E-state index contributed by atoms with van der Waals surface area (Å²) in [6.07, 6.45) is -4.65. The first-order chi connectivity index (χ1) is 10.6. The first-order valence-corrected chi connectivity index (χ1v) is 7.55. The monoisotopic (exact) mass is 353 g/mol. The van der Waals surface area contributed by atoms with Crippen molar-refractivity contribution in [2.75, 3.05) is 33.2 Å². The molecule has 1 atom stereocenters. The molecule has 1 aromatic rings. The number of piperazine rings is 1. The number of aromatic nitrogens is 2. The van der Waals surface area contributed by atoms with Gasteiger partial charge < -0.3 is 4.90 Å². The average molecular weight is 354 g/mol. The Balaban J connectivity index is 2.11. The highest BCUT2D eigenvalue weighted by Crippen LogP contribution is 2.36. The van der Waals surface area contributed by atoms with Crippen molar-refractivity contribution in [1.29, 1.82) is 0 Å². The minimum atomic E-state index is -4.65. The third kappa shape index (κ3) is 3.96. The summed E-state index contributed by atoms with van der Waals surface area (Å²) in [7, 11) is 1.98. The van der Waals surface area contributed by atoms with Crippen molar-refractivity contribution in [3.63, 3.8) is 0 Å². The second-order valence-corrected chi connectivity index (χ2v) is 6.01. The fraction of sp³-hybridized carbons (Fsp3) is 0.692. The van der Waals surface area contributed by atoms with Crippen molar-refractivity contribution >= 4 is 17.5 Å². The first kappa shape index (κ1) is 18.0. The van der Waals surface area contributed by atoms with E-state index in [0.717, 1.165) is 17.8 Å². The van der Waals surface area contributed by atoms with Gasteiger partial charge in [-0.25, -0.2) is 5.01 Å². The van der Waals surface area contributed by atoms with Crippen LogP contribution in [0.3, 0.4) is 0 Å². The van der Waals surface area contributed by atoms with Crippen LogP contribution in [0, 0.1) is 6.92 Å². The molecule has 10 heteroatoms. The number of hydrazine groups is 1. The standard InChI is InChI=1S/C13H19ClF3N5O/c1-8-10(14)11(13(15,16)17)18-22(8)9(2)12(23)19-21-6-4-20(3)5-7-21/h9H,4-7H2,1-3H3,(H,19,23)/t9-/m1/s1. The van der Waals surface area contributed by atoms with E-state index in [4.69, 9.17) is 11.6 Å². The Kier molecular flexibility index (Phi) is 5.22. The molecule has 0 radical (unpaired) electrons. The number of rotatable bonds is 3. The first-order valence-electron chi connectivity index (χ1n) is 7.17. The molecule has 0 unspecified atom stereocenters. The topological polar surface area (TPSA) is 53.4 Å². The fourth-order valence-electron chi connectivity index (χ4n) is 2.34. The van der Waals surface area contributed by atoms with Crippen molar-refractivity contribution in [2.45, 2.75) is 26.1 Å². The molecule has 1 aliphatic rings. The molecule has 2 rings (SSSR count). The van der Waals surface area contributed by atoms with Crippen LogP contribution < -0.4 is 5.43 Å². The molecule has 130 valence electrons. The van der Waals surface area contributed by atoms with Gasteiger partial charge in [-0.3, -0.25) is 14.9 Å². The molecule has 1 aliphatic heterocycles. The molecule has 0 spiro atoms. The predicted molar refractivity (Wildman–Crippen MR) is 78.9 cm³/mol. The number of hydrogen-bond acceptors (Lipinski definition) is 4. The zero-order valence-electron chi connectivity index (χ0n) is 13.1. The highest BCUT2D eigenvalue weighted by Gasteiger charge is 2.39. The zero-order chi connectivity index (χ0) is 17.4. The number of carbonyl (C=O) groups is 1. The van der Waals surface area contributed by atoms with Gasteiger partial charge in [0.15, 0.2) is 5.69 Å². The van der Waals surface area contributed by atoms with E-state index in [1.54, 1.807) is 5.01 Å². The normalized spacial score (nSPS) is 18.9. The molecular weight excluding hydrogens is 335 g/mol. The van der Waals surface area contributed by atoms with Crippen molar-refractivity contribution < 1.29 is 18.0 Å². The van der Waals surface area contributed by atoms with Gasteiger partial charge in [0.05, 0.1) is 10.7 Å². The van der Waals surface area contributed by atoms with Crippen LogP contribution in [0.15, 0.2) is 0 Å². The number of carbonyl (C=O) groups excluding carboxylic acids is 1. The maximum absolute atomic E-state index is 12.8. The molecular formula is C13H19ClF3N5O. The molecule has 0 aromatic carbocycles. The molecule has 0 aliphatic carbocycles. The van der Waals surface area contributed by atoms with Crippen LogP contribution in [0.2, 0.25) is 5.02 Å². The number of halogens is 4. The summed E-state index contributed by atoms with van der Waals surface area (Å²) in [6.45, 7) is 5.81. The van der Waals surface area contributed by atoms with Gasteiger partial charge in [-0.1, -0.05) is 11.6 Å². The van der Waals surface area contributed by atoms with Gasteiger partial charge in [0.1, 0.15) is 6.04 Å². The highest BCUT2D eigenvalue weighted by atomic mass is 35.5. The second kappa shape index (κ2) is 6.66. The molecule has 1 N–H and O–H groups in total. The van der Waals surface area contributed by atoms with Crippen molar-refractivity contribution in [2.24, 2.45) is 0 Å². The Morgan fingerprint density at radius 3 is 2.35 bits per heavy atom. The van der Waals surface area contributed by atoms with E-state index in [2.05, 4.69) is 15.4 Å². The van der Waals surface area contributed by atoms with E-state index >= 15 is 0 Å². The molecule has 1 saturated heterocycles. The minimum absolute atomic E-state index is 0.111. The Hall–Kier alpha value is -1.32. The summed E-state index contributed by atoms with van der Waals surface area (Å²) in [5, 5.41) is 4.76. The van der Waals surface area contributed by atoms with Gasteiger partial charge in [-0.05, 0) is 20.9 Å². The lowest BCUT2D eigenvalue weighted by atomic mass is 10.3. The molecule has 2 heterocycles. The average Bonchev–Trinajstić information content (AvgIpc) is 2.77. The largest absolute Gasteiger partial charge is 0.436 e. The summed E-state index contributed by atoms with van der Waals surface area (Å²) in [6, 6.07) is -0.900. The van der Waals surface area contributed by atoms with Crippen LogP contribution in [-0.2, 0) is 11.0 Å². The van der Waals surface area contributed by atoms with Crippen LogP contribution in [0.1, 0.15) is 24.4 Å². The third-order valence-electron chi connectivity index (χ3n) is 3.86. The van der Waals surface area contributed by atoms with E-state index in [1.807, 2.05) is 7.05 Å². The van der Waals surface area contributed by atoms with Crippen LogP contribution in [0.25, 0.3) is 0 Å². The van der Waals surface area contributed by atoms with Gasteiger partial charge >= 0.3 is 6.18 Å². The fourth-order valence-corrected chi connectivity index (χ4v) is 2.57. The lowest BCUT2D eigenvalue weighted by molar-refractivity contribution is -0.142. The third-order valence-corrected chi connectivity index (χ3v) is 4.32. The Labute approximate surface area is 137 Å². The van der Waals surface area contributed by atoms with Crippen molar-refractivity contribution in [1.82, 2.24) is 25.1 Å². The van der Waals surface area contributed by atoms with Crippen molar-refractivity contribution in [3.05, 3.63) is 16.4 Å². The maximum atomic E-state index is 12.8. The molecule has 1 aromatic heterocycles. The predicted octanol–water partition coefficient (Wildman–Crippen LogP) is 1.70. The van der Waals surface area contributed by atoms with E-state index in [9.17, 15) is 18.0 Å². The number of hydrogen-bond donors (Lipinski definition) is 1. The van der Waals surface area contributed by atoms with Gasteiger partial charge in [0, 0.05) is 26.2 Å². The molecule has 1 fully saturated rings. The number of nitrogens with zero attached hydrogens (tertiary/aromatic N) is 4. The Morgan fingerprint density at radius 1 is 1.30 bits per heavy atom. The van der Waals surface area contributed by atoms with Crippen LogP contribution in [0.5, 0.6) is 0 Å². The lowest BCUT2D eigenvalue weighted by Gasteiger charge is -2.33. The molecule has 0 bridgehead atoms. The highest BCUT2D eigenvalue weighted by molar-refractivity contribution is 6.32. The van der Waals surface area contributed by atoms with E-state index < -0.39 is 28.8 Å². The quantitative estimate of drug-likeness (QED) is 0.898. The van der Waals surface area contributed by atoms with Crippen LogP contribution in [0.4, 0.5) is 13.2 Å². The van der Waals surface area contributed by atoms with Gasteiger partial charge in [-0.2, -0.15) is 18.3 Å². The van der Waals surface area contributed by atoms with E-state index in [1.165, 1.54) is 13.8 Å². The molecule has 1 amide bonds. The summed E-state index contributed by atoms with van der Waals surface area (Å²) in [5.41, 5.74) is 1.66. The van der Waals surface area contributed by atoms with Gasteiger partial charge in [0.2, 0.25) is 0 Å². The lowest BCUT2D eigenvalue weighted by Crippen LogP contribution is -2.53. The van der Waals surface area contributed by atoms with E-state index in [-0.39, 0.29) is 5.69 Å². The second-order valence-electron chi connectivity index (χ2n) is 5.63. The van der Waals surface area contributed by atoms with Crippen LogP contribution in [-0.4, -0.2) is 58.8 Å². The Bertz CT molecular complexity index is 581. The minimum Gasteiger partial charge on any atom is -0.304 e. The SMILES string of the molecule is Cc1c(Cl)c(C(F)(F)F)nn1[C@H](C)C(=O)NN1CCN(C)CC1. The zero-order valence-corrected chi connectivity index (χ0v) is 13.9. The summed E-state index contributed by atoms with van der Waals surface area (Å²) in [5.74, 6) is -0.425. The Morgan fingerprint density at radius 2 is 1.87 bits per heavy atom. The van der Waals surface area contributed by atoms with Gasteiger partial charge in [0.25, 0.3) is 5.91 Å². The summed E-state index contributed by atoms with van der Waals surface area (Å²) < 4.78 is 39.5. The van der Waals surface area contributed by atoms with Gasteiger partial charge in [-0.15, -0.1) is 0 Å². The van der Waals surface area contributed by atoms with Crippen molar-refractivity contribution in [3.8, 4) is 0 Å². The molecule has 6 nitrogen and oxygen atoms in total.